The number of benzene rings is 1. The van der Waals surface area contributed by atoms with Crippen LogP contribution < -0.4 is 5.32 Å². The summed E-state index contributed by atoms with van der Waals surface area (Å²) >= 11 is 0. The number of nitrogens with one attached hydrogen (secondary N) is 1. The van der Waals surface area contributed by atoms with E-state index >= 15 is 0 Å². The zero-order chi connectivity index (χ0) is 17.4. The maximum absolute atomic E-state index is 13.9. The first-order chi connectivity index (χ1) is 11.4. The van der Waals surface area contributed by atoms with Crippen molar-refractivity contribution in [1.82, 2.24) is 15.1 Å². The van der Waals surface area contributed by atoms with Gasteiger partial charge in [0.1, 0.15) is 17.3 Å². The minimum atomic E-state index is -2.86. The van der Waals surface area contributed by atoms with Crippen molar-refractivity contribution in [3.8, 4) is 0 Å². The van der Waals surface area contributed by atoms with Crippen LogP contribution in [0.2, 0.25) is 0 Å². The van der Waals surface area contributed by atoms with Gasteiger partial charge in [-0.05, 0) is 24.5 Å². The van der Waals surface area contributed by atoms with E-state index in [9.17, 15) is 22.4 Å². The van der Waals surface area contributed by atoms with Crippen molar-refractivity contribution in [2.24, 2.45) is 7.05 Å². The number of hydrogen-bond donors (Lipinski definition) is 1. The van der Waals surface area contributed by atoms with Crippen molar-refractivity contribution in [2.45, 2.75) is 31.2 Å². The molecule has 1 aromatic carbocycles. The summed E-state index contributed by atoms with van der Waals surface area (Å²) in [6.07, 6.45) is -0.415. The van der Waals surface area contributed by atoms with E-state index in [-0.39, 0.29) is 17.5 Å². The van der Waals surface area contributed by atoms with Crippen molar-refractivity contribution in [3.05, 3.63) is 52.9 Å². The highest BCUT2D eigenvalue weighted by Crippen LogP contribution is 2.38. The molecule has 1 aliphatic rings. The van der Waals surface area contributed by atoms with Gasteiger partial charge in [0, 0.05) is 31.3 Å². The molecule has 1 fully saturated rings. The highest BCUT2D eigenvalue weighted by atomic mass is 19.3. The average Bonchev–Trinajstić information content (AvgIpc) is 2.88. The molecule has 128 valence electrons. The minimum Gasteiger partial charge on any atom is -0.349 e. The number of carbonyl (C=O) groups is 1. The molecule has 1 aromatic heterocycles. The van der Waals surface area contributed by atoms with E-state index in [0.717, 1.165) is 16.8 Å². The smallest absolute Gasteiger partial charge is 0.282 e. The van der Waals surface area contributed by atoms with Crippen molar-refractivity contribution in [3.63, 3.8) is 0 Å². The first-order valence-electron chi connectivity index (χ1n) is 7.44. The van der Waals surface area contributed by atoms with Gasteiger partial charge >= 0.3 is 0 Å². The largest absolute Gasteiger partial charge is 0.349 e. The number of rotatable bonds is 4. The standard InChI is InChI=1S/C16H15F4N3O/c1-23-7-11(14(22-23)15(19)20)16(24)21-13-5-4-10(13)9-3-2-8(17)6-12(9)18/h2-3,6-7,10,13,15H,4-5H2,1H3,(H,21,24)/t10-,13-/m0/s1. The first-order valence-corrected chi connectivity index (χ1v) is 7.44. The predicted octanol–water partition coefficient (Wildman–Crippen LogP) is 3.31. The second-order valence-electron chi connectivity index (χ2n) is 5.83. The van der Waals surface area contributed by atoms with E-state index in [1.54, 1.807) is 0 Å². The molecule has 1 saturated carbocycles. The Morgan fingerprint density at radius 1 is 1.33 bits per heavy atom. The molecule has 1 amide bonds. The number of aryl methyl sites for hydroxylation is 1. The predicted molar refractivity (Wildman–Crippen MR) is 77.8 cm³/mol. The van der Waals surface area contributed by atoms with Gasteiger partial charge in [0.15, 0.2) is 0 Å². The molecule has 1 heterocycles. The summed E-state index contributed by atoms with van der Waals surface area (Å²) in [5.41, 5.74) is -0.468. The van der Waals surface area contributed by atoms with E-state index in [0.29, 0.717) is 18.4 Å². The van der Waals surface area contributed by atoms with Crippen LogP contribution >= 0.6 is 0 Å². The van der Waals surface area contributed by atoms with Crippen LogP contribution in [0.3, 0.4) is 0 Å². The Morgan fingerprint density at radius 2 is 2.08 bits per heavy atom. The molecule has 1 aliphatic carbocycles. The zero-order valence-electron chi connectivity index (χ0n) is 12.8. The van der Waals surface area contributed by atoms with Gasteiger partial charge in [-0.15, -0.1) is 0 Å². The maximum atomic E-state index is 13.9. The third kappa shape index (κ3) is 3.00. The van der Waals surface area contributed by atoms with Crippen LogP contribution in [0.15, 0.2) is 24.4 Å². The Balaban J connectivity index is 1.76. The molecule has 8 heteroatoms. The Labute approximate surface area is 135 Å². The third-order valence-electron chi connectivity index (χ3n) is 4.26. The molecule has 0 radical (unpaired) electrons. The second kappa shape index (κ2) is 6.26. The number of nitrogens with zero attached hydrogens (tertiary/aromatic N) is 2. The number of carbonyl (C=O) groups excluding carboxylic acids is 1. The van der Waals surface area contributed by atoms with E-state index in [1.807, 2.05) is 0 Å². The number of halogens is 4. The van der Waals surface area contributed by atoms with Crippen LogP contribution in [-0.2, 0) is 7.05 Å². The van der Waals surface area contributed by atoms with Crippen LogP contribution in [0.25, 0.3) is 0 Å². The first kappa shape index (κ1) is 16.5. The molecular weight excluding hydrogens is 326 g/mol. The number of hydrogen-bond acceptors (Lipinski definition) is 2. The van der Waals surface area contributed by atoms with E-state index in [4.69, 9.17) is 0 Å². The molecule has 0 spiro atoms. The lowest BCUT2D eigenvalue weighted by Crippen LogP contribution is -2.45. The highest BCUT2D eigenvalue weighted by Gasteiger charge is 2.36. The SMILES string of the molecule is Cn1cc(C(=O)N[C@H]2CC[C@H]2c2ccc(F)cc2F)c(C(F)F)n1. The summed E-state index contributed by atoms with van der Waals surface area (Å²) in [4.78, 5) is 12.3. The fourth-order valence-corrected chi connectivity index (χ4v) is 2.94. The van der Waals surface area contributed by atoms with Crippen LogP contribution in [-0.4, -0.2) is 21.7 Å². The van der Waals surface area contributed by atoms with Gasteiger partial charge in [-0.2, -0.15) is 5.10 Å². The monoisotopic (exact) mass is 341 g/mol. The Kier molecular flexibility index (Phi) is 4.29. The van der Waals surface area contributed by atoms with Gasteiger partial charge in [0.05, 0.1) is 5.56 Å². The molecule has 0 aliphatic heterocycles. The zero-order valence-corrected chi connectivity index (χ0v) is 12.8. The Bertz CT molecular complexity index is 775. The maximum Gasteiger partial charge on any atom is 0.282 e. The molecule has 1 N–H and O–H groups in total. The van der Waals surface area contributed by atoms with Crippen LogP contribution in [0.5, 0.6) is 0 Å². The topological polar surface area (TPSA) is 46.9 Å². The summed E-state index contributed by atoms with van der Waals surface area (Å²) in [6, 6.07) is 2.92. The number of amides is 1. The summed E-state index contributed by atoms with van der Waals surface area (Å²) in [5.74, 6) is -2.32. The Hall–Kier alpha value is -2.38. The normalized spacial score (nSPS) is 20.1. The quantitative estimate of drug-likeness (QED) is 0.868. The van der Waals surface area contributed by atoms with Crippen LogP contribution in [0.4, 0.5) is 17.6 Å². The molecule has 2 atom stereocenters. The lowest BCUT2D eigenvalue weighted by atomic mass is 9.74. The molecule has 3 rings (SSSR count). The van der Waals surface area contributed by atoms with E-state index in [1.165, 1.54) is 19.3 Å². The van der Waals surface area contributed by atoms with Crippen LogP contribution in [0, 0.1) is 11.6 Å². The number of aromatic nitrogens is 2. The molecule has 0 bridgehead atoms. The van der Waals surface area contributed by atoms with E-state index < -0.39 is 29.7 Å². The van der Waals surface area contributed by atoms with E-state index in [2.05, 4.69) is 10.4 Å². The fraction of sp³-hybridized carbons (Fsp3) is 0.375. The Morgan fingerprint density at radius 3 is 2.67 bits per heavy atom. The van der Waals surface area contributed by atoms with Gasteiger partial charge in [-0.1, -0.05) is 6.07 Å². The summed E-state index contributed by atoms with van der Waals surface area (Å²) in [6.45, 7) is 0. The molecule has 2 aromatic rings. The molecular formula is C16H15F4N3O. The summed E-state index contributed by atoms with van der Waals surface area (Å²) in [7, 11) is 1.45. The summed E-state index contributed by atoms with van der Waals surface area (Å²) < 4.78 is 53.9. The fourth-order valence-electron chi connectivity index (χ4n) is 2.94. The van der Waals surface area contributed by atoms with Gasteiger partial charge in [-0.3, -0.25) is 9.48 Å². The second-order valence-corrected chi connectivity index (χ2v) is 5.83. The van der Waals surface area contributed by atoms with Crippen molar-refractivity contribution >= 4 is 5.91 Å². The van der Waals surface area contributed by atoms with Gasteiger partial charge in [0.2, 0.25) is 0 Å². The molecule has 4 nitrogen and oxygen atoms in total. The average molecular weight is 341 g/mol. The van der Waals surface area contributed by atoms with Gasteiger partial charge in [0.25, 0.3) is 12.3 Å². The summed E-state index contributed by atoms with van der Waals surface area (Å²) in [5, 5.41) is 6.23. The van der Waals surface area contributed by atoms with Gasteiger partial charge in [-0.25, -0.2) is 17.6 Å². The van der Waals surface area contributed by atoms with Crippen molar-refractivity contribution in [2.75, 3.05) is 0 Å². The molecule has 24 heavy (non-hydrogen) atoms. The lowest BCUT2D eigenvalue weighted by molar-refractivity contribution is 0.0889. The van der Waals surface area contributed by atoms with Crippen molar-refractivity contribution < 1.29 is 22.4 Å². The number of alkyl halides is 2. The van der Waals surface area contributed by atoms with Crippen molar-refractivity contribution in [1.29, 1.82) is 0 Å². The van der Waals surface area contributed by atoms with Crippen LogP contribution in [0.1, 0.15) is 46.8 Å². The highest BCUT2D eigenvalue weighted by molar-refractivity contribution is 5.95. The molecule has 0 saturated heterocycles. The van der Waals surface area contributed by atoms with Gasteiger partial charge < -0.3 is 5.32 Å². The third-order valence-corrected chi connectivity index (χ3v) is 4.26. The molecule has 0 unspecified atom stereocenters. The lowest BCUT2D eigenvalue weighted by Gasteiger charge is -2.37. The minimum absolute atomic E-state index is 0.197.